The minimum absolute atomic E-state index is 0.138. The Kier molecular flexibility index (Phi) is 5.15. The van der Waals surface area contributed by atoms with Crippen LogP contribution >= 0.6 is 22.6 Å². The van der Waals surface area contributed by atoms with E-state index in [1.165, 1.54) is 6.07 Å². The lowest BCUT2D eigenvalue weighted by atomic mass is 10.1. The molecule has 0 radical (unpaired) electrons. The molecule has 8 heteroatoms. The molecule has 0 aromatic heterocycles. The van der Waals surface area contributed by atoms with Gasteiger partial charge in [-0.05, 0) is 40.8 Å². The molecule has 104 valence electrons. The SMILES string of the molecule is O=C(O)CCNC(=O)c1cc(I)cc(C(F)(F)F)c1. The van der Waals surface area contributed by atoms with Gasteiger partial charge in [-0.15, -0.1) is 0 Å². The van der Waals surface area contributed by atoms with Crippen molar-refractivity contribution >= 4 is 34.5 Å². The molecule has 0 aliphatic carbocycles. The minimum Gasteiger partial charge on any atom is -0.481 e. The van der Waals surface area contributed by atoms with E-state index >= 15 is 0 Å². The monoisotopic (exact) mass is 387 g/mol. The summed E-state index contributed by atoms with van der Waals surface area (Å²) in [6, 6.07) is 2.96. The summed E-state index contributed by atoms with van der Waals surface area (Å²) in [6.07, 6.45) is -4.82. The smallest absolute Gasteiger partial charge is 0.416 e. The van der Waals surface area contributed by atoms with Crippen LogP contribution in [0.15, 0.2) is 18.2 Å². The quantitative estimate of drug-likeness (QED) is 0.781. The summed E-state index contributed by atoms with van der Waals surface area (Å²) < 4.78 is 37.9. The second kappa shape index (κ2) is 6.22. The van der Waals surface area contributed by atoms with Crippen LogP contribution in [0.2, 0.25) is 0 Å². The Labute approximate surface area is 120 Å². The molecule has 0 aliphatic rings. The van der Waals surface area contributed by atoms with Gasteiger partial charge in [0.25, 0.3) is 5.91 Å². The predicted molar refractivity (Wildman–Crippen MR) is 68.7 cm³/mol. The fourth-order valence-corrected chi connectivity index (χ4v) is 1.94. The molecule has 1 rings (SSSR count). The third-order valence-corrected chi connectivity index (χ3v) is 2.73. The van der Waals surface area contributed by atoms with Gasteiger partial charge in [0, 0.05) is 15.7 Å². The number of carbonyl (C=O) groups excluding carboxylic acids is 1. The number of hydrogen-bond donors (Lipinski definition) is 2. The van der Waals surface area contributed by atoms with E-state index in [1.54, 1.807) is 22.6 Å². The average Bonchev–Trinajstić information content (AvgIpc) is 2.26. The summed E-state index contributed by atoms with van der Waals surface area (Å²) in [7, 11) is 0. The van der Waals surface area contributed by atoms with Crippen molar-refractivity contribution in [3.8, 4) is 0 Å². The molecule has 0 atom stereocenters. The van der Waals surface area contributed by atoms with Crippen molar-refractivity contribution < 1.29 is 27.9 Å². The molecule has 0 unspecified atom stereocenters. The number of halogens is 4. The van der Waals surface area contributed by atoms with E-state index in [0.29, 0.717) is 0 Å². The molecule has 19 heavy (non-hydrogen) atoms. The van der Waals surface area contributed by atoms with Gasteiger partial charge in [0.1, 0.15) is 0 Å². The number of amides is 1. The maximum Gasteiger partial charge on any atom is 0.416 e. The summed E-state index contributed by atoms with van der Waals surface area (Å²) in [4.78, 5) is 21.8. The van der Waals surface area contributed by atoms with E-state index in [4.69, 9.17) is 5.11 Å². The number of carboxylic acid groups (broad SMARTS) is 1. The van der Waals surface area contributed by atoms with Crippen molar-refractivity contribution in [2.45, 2.75) is 12.6 Å². The van der Waals surface area contributed by atoms with Crippen molar-refractivity contribution in [3.05, 3.63) is 32.9 Å². The maximum absolute atomic E-state index is 12.6. The number of carboxylic acids is 1. The highest BCUT2D eigenvalue weighted by molar-refractivity contribution is 14.1. The highest BCUT2D eigenvalue weighted by atomic mass is 127. The molecule has 1 aromatic carbocycles. The van der Waals surface area contributed by atoms with Crippen LogP contribution in [-0.2, 0) is 11.0 Å². The fraction of sp³-hybridized carbons (Fsp3) is 0.273. The minimum atomic E-state index is -4.53. The molecule has 1 aromatic rings. The Morgan fingerprint density at radius 2 is 1.89 bits per heavy atom. The van der Waals surface area contributed by atoms with Crippen LogP contribution < -0.4 is 5.32 Å². The first kappa shape index (κ1) is 15.7. The largest absolute Gasteiger partial charge is 0.481 e. The van der Waals surface area contributed by atoms with Gasteiger partial charge >= 0.3 is 12.1 Å². The van der Waals surface area contributed by atoms with Crippen molar-refractivity contribution in [1.82, 2.24) is 5.32 Å². The highest BCUT2D eigenvalue weighted by Gasteiger charge is 2.31. The highest BCUT2D eigenvalue weighted by Crippen LogP contribution is 2.31. The van der Waals surface area contributed by atoms with E-state index in [9.17, 15) is 22.8 Å². The third-order valence-electron chi connectivity index (χ3n) is 2.11. The van der Waals surface area contributed by atoms with E-state index < -0.39 is 23.6 Å². The number of hydrogen-bond acceptors (Lipinski definition) is 2. The van der Waals surface area contributed by atoms with Crippen molar-refractivity contribution in [2.24, 2.45) is 0 Å². The molecule has 0 saturated heterocycles. The second-order valence-electron chi connectivity index (χ2n) is 3.63. The molecule has 0 heterocycles. The summed E-state index contributed by atoms with van der Waals surface area (Å²) in [6.45, 7) is -0.138. The first-order valence-electron chi connectivity index (χ1n) is 5.08. The van der Waals surface area contributed by atoms with E-state index in [0.717, 1.165) is 12.1 Å². The molecule has 2 N–H and O–H groups in total. The summed E-state index contributed by atoms with van der Waals surface area (Å²) in [5, 5.41) is 10.6. The van der Waals surface area contributed by atoms with E-state index in [1.807, 2.05) is 0 Å². The average molecular weight is 387 g/mol. The molecular formula is C11H9F3INO3. The zero-order valence-electron chi connectivity index (χ0n) is 9.42. The molecule has 4 nitrogen and oxygen atoms in total. The standard InChI is InChI=1S/C11H9F3INO3/c12-11(13,14)7-3-6(4-8(15)5-7)10(19)16-2-1-9(17)18/h3-5H,1-2H2,(H,16,19)(H,17,18). The topological polar surface area (TPSA) is 66.4 Å². The normalized spacial score (nSPS) is 11.2. The lowest BCUT2D eigenvalue weighted by Gasteiger charge is -2.10. The first-order valence-corrected chi connectivity index (χ1v) is 6.16. The van der Waals surface area contributed by atoms with Crippen LogP contribution in [0.4, 0.5) is 13.2 Å². The van der Waals surface area contributed by atoms with Crippen molar-refractivity contribution in [3.63, 3.8) is 0 Å². The Morgan fingerprint density at radius 1 is 1.26 bits per heavy atom. The van der Waals surface area contributed by atoms with Gasteiger partial charge in [-0.2, -0.15) is 13.2 Å². The van der Waals surface area contributed by atoms with Gasteiger partial charge in [0.15, 0.2) is 0 Å². The van der Waals surface area contributed by atoms with Crippen LogP contribution in [0, 0.1) is 3.57 Å². The van der Waals surface area contributed by atoms with Crippen LogP contribution in [0.25, 0.3) is 0 Å². The molecule has 0 spiro atoms. The number of aliphatic carboxylic acids is 1. The molecule has 0 saturated carbocycles. The molecule has 0 bridgehead atoms. The van der Waals surface area contributed by atoms with Crippen molar-refractivity contribution in [2.75, 3.05) is 6.54 Å². The zero-order chi connectivity index (χ0) is 14.6. The summed E-state index contributed by atoms with van der Waals surface area (Å²) in [5.41, 5.74) is -1.06. The van der Waals surface area contributed by atoms with Gasteiger partial charge in [-0.1, -0.05) is 0 Å². The van der Waals surface area contributed by atoms with Gasteiger partial charge in [-0.25, -0.2) is 0 Å². The second-order valence-corrected chi connectivity index (χ2v) is 4.87. The lowest BCUT2D eigenvalue weighted by molar-refractivity contribution is -0.138. The van der Waals surface area contributed by atoms with Gasteiger partial charge in [0.2, 0.25) is 0 Å². The van der Waals surface area contributed by atoms with Crippen LogP contribution in [0.1, 0.15) is 22.3 Å². The van der Waals surface area contributed by atoms with Gasteiger partial charge in [0.05, 0.1) is 12.0 Å². The Bertz CT molecular complexity index is 502. The molecule has 0 aliphatic heterocycles. The lowest BCUT2D eigenvalue weighted by Crippen LogP contribution is -2.26. The van der Waals surface area contributed by atoms with Crippen molar-refractivity contribution in [1.29, 1.82) is 0 Å². The molecule has 0 fully saturated rings. The number of rotatable bonds is 4. The van der Waals surface area contributed by atoms with Crippen LogP contribution in [-0.4, -0.2) is 23.5 Å². The Hall–Kier alpha value is -1.32. The number of alkyl halides is 3. The summed E-state index contributed by atoms with van der Waals surface area (Å²) in [5.74, 6) is -1.83. The zero-order valence-corrected chi connectivity index (χ0v) is 11.6. The number of nitrogens with one attached hydrogen (secondary N) is 1. The van der Waals surface area contributed by atoms with Gasteiger partial charge in [-0.3, -0.25) is 9.59 Å². The van der Waals surface area contributed by atoms with Crippen LogP contribution in [0.3, 0.4) is 0 Å². The number of benzene rings is 1. The summed E-state index contributed by atoms with van der Waals surface area (Å²) >= 11 is 1.68. The first-order chi connectivity index (χ1) is 8.70. The van der Waals surface area contributed by atoms with E-state index in [2.05, 4.69) is 5.32 Å². The van der Waals surface area contributed by atoms with Crippen LogP contribution in [0.5, 0.6) is 0 Å². The molecular weight excluding hydrogens is 378 g/mol. The third kappa shape index (κ3) is 5.05. The van der Waals surface area contributed by atoms with E-state index in [-0.39, 0.29) is 22.1 Å². The number of carbonyl (C=O) groups is 2. The predicted octanol–water partition coefficient (Wildman–Crippen LogP) is 2.51. The fourth-order valence-electron chi connectivity index (χ4n) is 1.27. The Morgan fingerprint density at radius 3 is 2.42 bits per heavy atom. The molecule has 1 amide bonds. The Balaban J connectivity index is 2.86. The van der Waals surface area contributed by atoms with Gasteiger partial charge < -0.3 is 10.4 Å². The maximum atomic E-state index is 12.6.